The van der Waals surface area contributed by atoms with Gasteiger partial charge in [-0.05, 0) is 62.4 Å². The zero-order valence-electron chi connectivity index (χ0n) is 5.30. The number of allylic oxidation sites excluding steroid dienone is 1. The van der Waals surface area contributed by atoms with E-state index in [2.05, 4.69) is 67.1 Å². The fraction of sp³-hybridized carbons (Fsp3) is 0. The smallest absolute Gasteiger partial charge is 0.162 e. The van der Waals surface area contributed by atoms with E-state index in [-0.39, 0.29) is 10.2 Å². The number of hydrogen-bond donors (Lipinski definition) is 0. The second kappa shape index (κ2) is 5.57. The van der Waals surface area contributed by atoms with Crippen molar-refractivity contribution in [2.45, 2.75) is 0 Å². The van der Waals surface area contributed by atoms with Crippen LogP contribution in [-0.2, 0) is 0 Å². The number of rotatable bonds is 1. The van der Waals surface area contributed by atoms with E-state index in [1.807, 2.05) is 0 Å². The topological polar surface area (TPSA) is 59.9 Å². The molecule has 0 saturated carbocycles. The molecule has 0 aromatic rings. The SMILES string of the molecule is N#CC(C#N)=C(Br)N=P(Br)(Br)Br. The van der Waals surface area contributed by atoms with Crippen molar-refractivity contribution in [1.29, 1.82) is 10.5 Å². The van der Waals surface area contributed by atoms with Gasteiger partial charge in [-0.25, -0.2) is 4.74 Å². The lowest BCUT2D eigenvalue weighted by atomic mass is 10.4. The van der Waals surface area contributed by atoms with Gasteiger partial charge >= 0.3 is 0 Å². The van der Waals surface area contributed by atoms with Crippen LogP contribution < -0.4 is 0 Å². The maximum atomic E-state index is 8.44. The molecule has 64 valence electrons. The maximum absolute atomic E-state index is 8.44. The fourth-order valence-electron chi connectivity index (χ4n) is 0.267. The number of nitrogens with zero attached hydrogens (tertiary/aromatic N) is 3. The molecule has 0 atom stereocenters. The average Bonchev–Trinajstić information content (AvgIpc) is 1.85. The van der Waals surface area contributed by atoms with Crippen molar-refractivity contribution in [1.82, 2.24) is 0 Å². The summed E-state index contributed by atoms with van der Waals surface area (Å²) in [5.74, 6) is 0. The molecule has 0 unspecified atom stereocenters. The summed E-state index contributed by atoms with van der Waals surface area (Å²) in [7, 11) is 0. The largest absolute Gasteiger partial charge is 0.225 e. The molecular formula is C4Br4N3P. The molecule has 0 amide bonds. The first-order chi connectivity index (χ1) is 5.40. The number of halogens is 4. The zero-order chi connectivity index (χ0) is 9.78. The molecule has 0 rings (SSSR count). The van der Waals surface area contributed by atoms with Crippen LogP contribution in [0.3, 0.4) is 0 Å². The van der Waals surface area contributed by atoms with Gasteiger partial charge in [0.25, 0.3) is 0 Å². The van der Waals surface area contributed by atoms with Crippen molar-refractivity contribution in [3.8, 4) is 12.1 Å². The van der Waals surface area contributed by atoms with Crippen molar-refractivity contribution >= 4 is 65.6 Å². The lowest BCUT2D eigenvalue weighted by Gasteiger charge is -1.97. The Morgan fingerprint density at radius 1 is 1.17 bits per heavy atom. The molecule has 0 N–H and O–H groups in total. The Balaban J connectivity index is 5.13. The highest BCUT2D eigenvalue weighted by Gasteiger charge is 2.07. The summed E-state index contributed by atoms with van der Waals surface area (Å²) in [4.78, 5) is 0. The summed E-state index contributed by atoms with van der Waals surface area (Å²) in [6, 6.07) is 3.41. The van der Waals surface area contributed by atoms with Gasteiger partial charge in [0.1, 0.15) is 16.7 Å². The third-order valence-electron chi connectivity index (χ3n) is 0.631. The van der Waals surface area contributed by atoms with Crippen molar-refractivity contribution < 1.29 is 0 Å². The van der Waals surface area contributed by atoms with E-state index >= 15 is 0 Å². The van der Waals surface area contributed by atoms with E-state index in [9.17, 15) is 0 Å². The lowest BCUT2D eigenvalue weighted by molar-refractivity contribution is 1.43. The molecule has 0 heterocycles. The highest BCUT2D eigenvalue weighted by molar-refractivity contribution is 9.94. The van der Waals surface area contributed by atoms with Crippen LogP contribution in [0.15, 0.2) is 14.9 Å². The number of nitriles is 2. The Labute approximate surface area is 102 Å². The zero-order valence-corrected chi connectivity index (χ0v) is 12.5. The third kappa shape index (κ3) is 5.50. The molecule has 0 spiro atoms. The molecule has 0 aliphatic carbocycles. The summed E-state index contributed by atoms with van der Waals surface area (Å²) >= 11 is 12.6. The highest BCUT2D eigenvalue weighted by Crippen LogP contribution is 2.72. The Hall–Kier alpha value is 0.870. The molecule has 0 fully saturated rings. The van der Waals surface area contributed by atoms with Crippen LogP contribution in [0.5, 0.6) is 0 Å². The second-order valence-electron chi connectivity index (χ2n) is 1.41. The van der Waals surface area contributed by atoms with E-state index in [4.69, 9.17) is 10.5 Å². The van der Waals surface area contributed by atoms with Crippen LogP contribution in [0.1, 0.15) is 0 Å². The molecule has 0 bridgehead atoms. The van der Waals surface area contributed by atoms with E-state index < -0.39 is 3.16 Å². The lowest BCUT2D eigenvalue weighted by Crippen LogP contribution is -1.73. The van der Waals surface area contributed by atoms with Gasteiger partial charge in [0.15, 0.2) is 8.73 Å². The molecule has 12 heavy (non-hydrogen) atoms. The highest BCUT2D eigenvalue weighted by atomic mass is 80.0. The Morgan fingerprint density at radius 2 is 1.58 bits per heavy atom. The van der Waals surface area contributed by atoms with Gasteiger partial charge in [-0.15, -0.1) is 0 Å². The Kier molecular flexibility index (Phi) is 5.97. The van der Waals surface area contributed by atoms with E-state index in [0.29, 0.717) is 0 Å². The molecule has 0 aliphatic rings. The molecular weight excluding hydrogens is 441 g/mol. The third-order valence-corrected chi connectivity index (χ3v) is 3.33. The number of hydrogen-bond acceptors (Lipinski definition) is 3. The monoisotopic (exact) mass is 437 g/mol. The minimum absolute atomic E-state index is 0.0577. The van der Waals surface area contributed by atoms with Crippen LogP contribution in [0.25, 0.3) is 0 Å². The molecule has 0 aliphatic heterocycles. The minimum Gasteiger partial charge on any atom is -0.225 e. The van der Waals surface area contributed by atoms with Crippen LogP contribution in [-0.4, -0.2) is 0 Å². The molecule has 3 nitrogen and oxygen atoms in total. The average molecular weight is 441 g/mol. The molecule has 0 radical (unpaired) electrons. The summed E-state index contributed by atoms with van der Waals surface area (Å²) in [6.45, 7) is 0. The predicted octanol–water partition coefficient (Wildman–Crippen LogP) is 4.77. The molecule has 0 saturated heterocycles. The van der Waals surface area contributed by atoms with Gasteiger partial charge in [0, 0.05) is 0 Å². The Morgan fingerprint density at radius 3 is 1.83 bits per heavy atom. The fourth-order valence-corrected chi connectivity index (χ4v) is 4.80. The summed E-state index contributed by atoms with van der Waals surface area (Å²) in [5.41, 5.74) is -0.0577. The first-order valence-corrected chi connectivity index (χ1v) is 10.9. The first kappa shape index (κ1) is 12.9. The van der Waals surface area contributed by atoms with Crippen LogP contribution in [0.2, 0.25) is 0 Å². The van der Waals surface area contributed by atoms with Crippen LogP contribution >= 0.6 is 65.6 Å². The van der Waals surface area contributed by atoms with Gasteiger partial charge in [-0.2, -0.15) is 10.5 Å². The normalized spacial score (nSPS) is 9.50. The van der Waals surface area contributed by atoms with Crippen molar-refractivity contribution in [3.63, 3.8) is 0 Å². The van der Waals surface area contributed by atoms with Gasteiger partial charge in [0.05, 0.1) is 0 Å². The van der Waals surface area contributed by atoms with Gasteiger partial charge in [-0.3, -0.25) is 0 Å². The van der Waals surface area contributed by atoms with Gasteiger partial charge in [0.2, 0.25) is 0 Å². The predicted molar refractivity (Wildman–Crippen MR) is 63.3 cm³/mol. The van der Waals surface area contributed by atoms with Crippen molar-refractivity contribution in [3.05, 3.63) is 10.2 Å². The molecule has 0 aromatic carbocycles. The van der Waals surface area contributed by atoms with E-state index in [0.717, 1.165) is 0 Å². The van der Waals surface area contributed by atoms with Gasteiger partial charge < -0.3 is 0 Å². The second-order valence-corrected chi connectivity index (χ2v) is 21.0. The van der Waals surface area contributed by atoms with E-state index in [1.165, 1.54) is 0 Å². The standard InChI is InChI=1S/C4Br4N3P/c5-4(3(1-9)2-10)11-12(6,7)8. The first-order valence-electron chi connectivity index (χ1n) is 2.32. The van der Waals surface area contributed by atoms with Crippen LogP contribution in [0, 0.1) is 22.7 Å². The van der Waals surface area contributed by atoms with Crippen molar-refractivity contribution in [2.75, 3.05) is 0 Å². The summed E-state index contributed by atoms with van der Waals surface area (Å²) in [5, 5.41) is 16.9. The van der Waals surface area contributed by atoms with Gasteiger partial charge in [-0.1, -0.05) is 0 Å². The molecule has 0 aromatic heterocycles. The minimum atomic E-state index is -1.90. The quantitative estimate of drug-likeness (QED) is 0.335. The maximum Gasteiger partial charge on any atom is 0.162 e. The Bertz CT molecular complexity index is 316. The summed E-state index contributed by atoms with van der Waals surface area (Å²) in [6.07, 6.45) is 0. The molecule has 8 heteroatoms. The van der Waals surface area contributed by atoms with Crippen molar-refractivity contribution in [2.24, 2.45) is 4.74 Å². The summed E-state index contributed by atoms with van der Waals surface area (Å²) < 4.78 is 2.30. The van der Waals surface area contributed by atoms with Crippen LogP contribution in [0.4, 0.5) is 0 Å². The van der Waals surface area contributed by atoms with E-state index in [1.54, 1.807) is 12.1 Å².